The van der Waals surface area contributed by atoms with Gasteiger partial charge in [0.15, 0.2) is 5.78 Å². The molecule has 0 bridgehead atoms. The van der Waals surface area contributed by atoms with E-state index >= 15 is 0 Å². The molecule has 1 atom stereocenters. The molecular formula is C31H41FN4O4. The van der Waals surface area contributed by atoms with E-state index in [-0.39, 0.29) is 29.8 Å². The van der Waals surface area contributed by atoms with Crippen LogP contribution in [0.15, 0.2) is 48.5 Å². The summed E-state index contributed by atoms with van der Waals surface area (Å²) < 4.78 is 19.0. The lowest BCUT2D eigenvalue weighted by Gasteiger charge is -2.44. The average Bonchev–Trinajstić information content (AvgIpc) is 2.90. The van der Waals surface area contributed by atoms with Crippen LogP contribution >= 0.6 is 0 Å². The Balaban J connectivity index is 1.39. The Morgan fingerprint density at radius 2 is 1.70 bits per heavy atom. The number of carbonyl (C=O) groups excluding carboxylic acids is 3. The maximum atomic E-state index is 13.3. The number of ether oxygens (including phenoxy) is 1. The van der Waals surface area contributed by atoms with Crippen LogP contribution in [0, 0.1) is 11.7 Å². The fourth-order valence-corrected chi connectivity index (χ4v) is 5.40. The molecule has 2 aromatic carbocycles. The number of piperidine rings is 1. The molecule has 2 aliphatic rings. The topological polar surface area (TPSA) is 82.2 Å². The number of nitrogens with zero attached hydrogens (tertiary/aromatic N) is 3. The van der Waals surface area contributed by atoms with Crippen molar-refractivity contribution in [2.45, 2.75) is 58.6 Å². The third-order valence-corrected chi connectivity index (χ3v) is 7.53. The zero-order valence-electron chi connectivity index (χ0n) is 24.0. The Hall–Kier alpha value is -3.46. The zero-order chi connectivity index (χ0) is 28.9. The van der Waals surface area contributed by atoms with E-state index in [1.165, 1.54) is 19.1 Å². The van der Waals surface area contributed by atoms with Gasteiger partial charge in [-0.15, -0.1) is 0 Å². The van der Waals surface area contributed by atoms with E-state index in [9.17, 15) is 18.8 Å². The summed E-state index contributed by atoms with van der Waals surface area (Å²) >= 11 is 0. The number of Topliss-reactive ketones (excluding diaryl/α,β-unsaturated/α-hetero) is 1. The largest absolute Gasteiger partial charge is 0.444 e. The second-order valence-electron chi connectivity index (χ2n) is 11.9. The number of nitrogens with one attached hydrogen (secondary N) is 1. The summed E-state index contributed by atoms with van der Waals surface area (Å²) in [7, 11) is 0. The fraction of sp³-hybridized carbons (Fsp3) is 0.516. The summed E-state index contributed by atoms with van der Waals surface area (Å²) in [6.07, 6.45) is 2.61. The highest BCUT2D eigenvalue weighted by Crippen LogP contribution is 2.24. The van der Waals surface area contributed by atoms with E-state index < -0.39 is 5.60 Å². The number of ketones is 1. The van der Waals surface area contributed by atoms with Crippen LogP contribution in [0.25, 0.3) is 0 Å². The molecule has 8 nitrogen and oxygen atoms in total. The standard InChI is InChI=1S/C31H41FN4O4/c1-22(37)25-6-5-7-27(19-25)33-29(38)35-16-17-36(30(39)40-31(2,3)4)28(21-35)20-34-14-12-24(13-15-34)18-23-8-10-26(32)11-9-23/h5-11,19,24,28H,12-18,20-21H2,1-4H3,(H,33,38). The van der Waals surface area contributed by atoms with E-state index in [2.05, 4.69) is 10.2 Å². The maximum Gasteiger partial charge on any atom is 0.410 e. The predicted octanol–water partition coefficient (Wildman–Crippen LogP) is 5.44. The van der Waals surface area contributed by atoms with Crippen LogP contribution in [0.2, 0.25) is 0 Å². The van der Waals surface area contributed by atoms with Gasteiger partial charge < -0.3 is 24.8 Å². The quantitative estimate of drug-likeness (QED) is 0.483. The molecule has 1 unspecified atom stereocenters. The summed E-state index contributed by atoms with van der Waals surface area (Å²) in [5.74, 6) is 0.250. The molecule has 9 heteroatoms. The van der Waals surface area contributed by atoms with E-state index in [0.29, 0.717) is 43.3 Å². The van der Waals surface area contributed by atoms with Crippen molar-refractivity contribution in [1.82, 2.24) is 14.7 Å². The highest BCUT2D eigenvalue weighted by atomic mass is 19.1. The summed E-state index contributed by atoms with van der Waals surface area (Å²) in [5.41, 5.74) is 1.63. The van der Waals surface area contributed by atoms with Crippen molar-refractivity contribution < 1.29 is 23.5 Å². The molecule has 1 N–H and O–H groups in total. The van der Waals surface area contributed by atoms with Gasteiger partial charge in [0.05, 0.1) is 6.04 Å². The van der Waals surface area contributed by atoms with Gasteiger partial charge in [0.25, 0.3) is 0 Å². The van der Waals surface area contributed by atoms with Crippen LogP contribution in [0.5, 0.6) is 0 Å². The van der Waals surface area contributed by atoms with E-state index in [1.807, 2.05) is 32.9 Å². The molecule has 216 valence electrons. The molecule has 40 heavy (non-hydrogen) atoms. The average molecular weight is 553 g/mol. The third kappa shape index (κ3) is 8.27. The van der Waals surface area contributed by atoms with Gasteiger partial charge in [-0.3, -0.25) is 4.79 Å². The van der Waals surface area contributed by atoms with Crippen molar-refractivity contribution in [2.24, 2.45) is 5.92 Å². The second kappa shape index (κ2) is 12.8. The number of piperazine rings is 1. The number of rotatable bonds is 6. The van der Waals surface area contributed by atoms with Gasteiger partial charge in [0.2, 0.25) is 0 Å². The summed E-state index contributed by atoms with van der Waals surface area (Å²) in [6.45, 7) is 10.6. The molecule has 0 spiro atoms. The van der Waals surface area contributed by atoms with Crippen molar-refractivity contribution >= 4 is 23.6 Å². The SMILES string of the molecule is CC(=O)c1cccc(NC(=O)N2CCN(C(=O)OC(C)(C)C)C(CN3CCC(Cc4ccc(F)cc4)CC3)C2)c1. The minimum atomic E-state index is -0.615. The number of halogens is 1. The lowest BCUT2D eigenvalue weighted by atomic mass is 9.90. The number of carbonyl (C=O) groups is 3. The Morgan fingerprint density at radius 3 is 2.35 bits per heavy atom. The van der Waals surface area contributed by atoms with Gasteiger partial charge in [-0.2, -0.15) is 0 Å². The van der Waals surface area contributed by atoms with Gasteiger partial charge >= 0.3 is 12.1 Å². The lowest BCUT2D eigenvalue weighted by molar-refractivity contribution is -0.00399. The minimum absolute atomic E-state index is 0.0661. The maximum absolute atomic E-state index is 13.3. The van der Waals surface area contributed by atoms with E-state index in [0.717, 1.165) is 37.9 Å². The van der Waals surface area contributed by atoms with Crippen LogP contribution in [-0.2, 0) is 11.2 Å². The number of hydrogen-bond donors (Lipinski definition) is 1. The van der Waals surface area contributed by atoms with Gasteiger partial charge in [0.1, 0.15) is 11.4 Å². The lowest BCUT2D eigenvalue weighted by Crippen LogP contribution is -2.61. The van der Waals surface area contributed by atoms with Crippen molar-refractivity contribution in [3.05, 3.63) is 65.5 Å². The predicted molar refractivity (Wildman–Crippen MR) is 153 cm³/mol. The second-order valence-corrected chi connectivity index (χ2v) is 11.9. The Kier molecular flexibility index (Phi) is 9.45. The molecule has 2 fully saturated rings. The zero-order valence-corrected chi connectivity index (χ0v) is 24.0. The number of anilines is 1. The first-order valence-corrected chi connectivity index (χ1v) is 14.1. The van der Waals surface area contributed by atoms with Gasteiger partial charge in [0, 0.05) is 37.4 Å². The Morgan fingerprint density at radius 1 is 1.00 bits per heavy atom. The molecule has 2 saturated heterocycles. The van der Waals surface area contributed by atoms with Crippen LogP contribution in [0.3, 0.4) is 0 Å². The molecule has 0 aromatic heterocycles. The Labute approximate surface area is 236 Å². The first-order valence-electron chi connectivity index (χ1n) is 14.1. The number of amides is 3. The minimum Gasteiger partial charge on any atom is -0.444 e. The highest BCUT2D eigenvalue weighted by molar-refractivity contribution is 5.96. The molecule has 2 heterocycles. The molecule has 4 rings (SSSR count). The fourth-order valence-electron chi connectivity index (χ4n) is 5.40. The van der Waals surface area contributed by atoms with Gasteiger partial charge in [-0.1, -0.05) is 24.3 Å². The van der Waals surface area contributed by atoms with Gasteiger partial charge in [-0.05, 0) is 95.8 Å². The van der Waals surface area contributed by atoms with Crippen LogP contribution in [0.4, 0.5) is 19.7 Å². The number of benzene rings is 2. The molecular weight excluding hydrogens is 511 g/mol. The third-order valence-electron chi connectivity index (χ3n) is 7.53. The van der Waals surface area contributed by atoms with E-state index in [1.54, 1.807) is 34.1 Å². The van der Waals surface area contributed by atoms with Crippen molar-refractivity contribution in [1.29, 1.82) is 0 Å². The molecule has 3 amide bonds. The smallest absolute Gasteiger partial charge is 0.410 e. The van der Waals surface area contributed by atoms with Crippen LogP contribution in [-0.4, -0.2) is 83.5 Å². The molecule has 0 radical (unpaired) electrons. The normalized spacial score (nSPS) is 18.9. The summed E-state index contributed by atoms with van der Waals surface area (Å²) in [6, 6.07) is 13.2. The van der Waals surface area contributed by atoms with Crippen LogP contribution in [0.1, 0.15) is 56.5 Å². The summed E-state index contributed by atoms with van der Waals surface area (Å²) in [5, 5.41) is 2.91. The van der Waals surface area contributed by atoms with E-state index in [4.69, 9.17) is 4.74 Å². The number of likely N-dealkylation sites (tertiary alicyclic amines) is 1. The molecule has 2 aliphatic heterocycles. The summed E-state index contributed by atoms with van der Waals surface area (Å²) in [4.78, 5) is 43.9. The van der Waals surface area contributed by atoms with Crippen molar-refractivity contribution in [2.75, 3.05) is 44.6 Å². The van der Waals surface area contributed by atoms with Gasteiger partial charge in [-0.25, -0.2) is 14.0 Å². The first-order chi connectivity index (χ1) is 19.0. The highest BCUT2D eigenvalue weighted by Gasteiger charge is 2.36. The van der Waals surface area contributed by atoms with Crippen LogP contribution < -0.4 is 5.32 Å². The first kappa shape index (κ1) is 29.5. The molecule has 0 saturated carbocycles. The van der Waals surface area contributed by atoms with Crippen molar-refractivity contribution in [3.63, 3.8) is 0 Å². The van der Waals surface area contributed by atoms with Crippen molar-refractivity contribution in [3.8, 4) is 0 Å². The Bertz CT molecular complexity index is 1190. The number of hydrogen-bond acceptors (Lipinski definition) is 5. The molecule has 2 aromatic rings. The molecule has 0 aliphatic carbocycles. The monoisotopic (exact) mass is 552 g/mol. The number of urea groups is 1.